The van der Waals surface area contributed by atoms with E-state index in [0.29, 0.717) is 6.61 Å². The molecule has 0 aromatic heterocycles. The summed E-state index contributed by atoms with van der Waals surface area (Å²) in [5, 5.41) is 0. The van der Waals surface area contributed by atoms with E-state index in [0.717, 1.165) is 5.57 Å². The number of ether oxygens (including phenoxy) is 3. The summed E-state index contributed by atoms with van der Waals surface area (Å²) in [5.74, 6) is -0.300. The molecular weight excluding hydrogens is 184 g/mol. The highest BCUT2D eigenvalue weighted by Gasteiger charge is 2.47. The predicted octanol–water partition coefficient (Wildman–Crippen LogP) is 1.01. The molecule has 0 unspecified atom stereocenters. The molecule has 0 aromatic rings. The summed E-state index contributed by atoms with van der Waals surface area (Å²) in [6.07, 6.45) is 1.49. The van der Waals surface area contributed by atoms with Crippen LogP contribution in [0.25, 0.3) is 0 Å². The quantitative estimate of drug-likeness (QED) is 0.466. The number of carbonyl (C=O) groups is 1. The van der Waals surface area contributed by atoms with Crippen molar-refractivity contribution in [3.63, 3.8) is 0 Å². The lowest BCUT2D eigenvalue weighted by atomic mass is 9.95. The minimum absolute atomic E-state index is 0.180. The molecule has 2 bridgehead atoms. The van der Waals surface area contributed by atoms with E-state index in [1.807, 2.05) is 19.9 Å². The van der Waals surface area contributed by atoms with Crippen LogP contribution in [0, 0.1) is 0 Å². The Balaban J connectivity index is 2.26. The number of rotatable bonds is 1. The third-order valence-electron chi connectivity index (χ3n) is 2.58. The van der Waals surface area contributed by atoms with Crippen LogP contribution in [0.5, 0.6) is 0 Å². The van der Waals surface area contributed by atoms with E-state index in [1.165, 1.54) is 6.92 Å². The minimum Gasteiger partial charge on any atom is -0.452 e. The summed E-state index contributed by atoms with van der Waals surface area (Å²) < 4.78 is 16.2. The second-order valence-electron chi connectivity index (χ2n) is 3.96. The Hall–Kier alpha value is -0.870. The van der Waals surface area contributed by atoms with Crippen LogP contribution in [-0.4, -0.2) is 30.6 Å². The van der Waals surface area contributed by atoms with Crippen LogP contribution in [0.2, 0.25) is 0 Å². The van der Waals surface area contributed by atoms with Gasteiger partial charge in [-0.15, -0.1) is 0 Å². The van der Waals surface area contributed by atoms with Crippen LogP contribution < -0.4 is 0 Å². The van der Waals surface area contributed by atoms with E-state index in [1.54, 1.807) is 0 Å². The normalized spacial score (nSPS) is 40.6. The summed E-state index contributed by atoms with van der Waals surface area (Å²) in [4.78, 5) is 11.0. The standard InChI is InChI=1S/C10H14O4/c1-6-4-10(3,14-7(2)11)8-5-12-9(6)13-8/h4,8-9H,5H2,1-3H3/t8-,9-,10-/m1/s1. The van der Waals surface area contributed by atoms with Crippen LogP contribution >= 0.6 is 0 Å². The van der Waals surface area contributed by atoms with Gasteiger partial charge in [0, 0.05) is 6.92 Å². The van der Waals surface area contributed by atoms with Gasteiger partial charge in [-0.05, 0) is 25.5 Å². The zero-order valence-electron chi connectivity index (χ0n) is 8.57. The first-order chi connectivity index (χ1) is 6.51. The van der Waals surface area contributed by atoms with Gasteiger partial charge in [-0.2, -0.15) is 0 Å². The van der Waals surface area contributed by atoms with Gasteiger partial charge in [0.1, 0.15) is 6.10 Å². The van der Waals surface area contributed by atoms with E-state index in [9.17, 15) is 4.79 Å². The smallest absolute Gasteiger partial charge is 0.303 e. The molecule has 3 atom stereocenters. The first-order valence-electron chi connectivity index (χ1n) is 4.67. The molecule has 2 aliphatic heterocycles. The van der Waals surface area contributed by atoms with Gasteiger partial charge in [0.2, 0.25) is 0 Å². The Morgan fingerprint density at radius 3 is 3.07 bits per heavy atom. The van der Waals surface area contributed by atoms with Crippen molar-refractivity contribution in [1.82, 2.24) is 0 Å². The molecule has 1 fully saturated rings. The predicted molar refractivity (Wildman–Crippen MR) is 48.5 cm³/mol. The Kier molecular flexibility index (Phi) is 2.12. The molecule has 0 saturated carbocycles. The average molecular weight is 198 g/mol. The fourth-order valence-corrected chi connectivity index (χ4v) is 1.96. The van der Waals surface area contributed by atoms with Crippen molar-refractivity contribution in [1.29, 1.82) is 0 Å². The maximum atomic E-state index is 11.0. The van der Waals surface area contributed by atoms with Crippen molar-refractivity contribution in [3.8, 4) is 0 Å². The van der Waals surface area contributed by atoms with Crippen molar-refractivity contribution >= 4 is 5.97 Å². The van der Waals surface area contributed by atoms with Gasteiger partial charge in [-0.3, -0.25) is 4.79 Å². The topological polar surface area (TPSA) is 44.8 Å². The summed E-state index contributed by atoms with van der Waals surface area (Å²) in [6, 6.07) is 0. The molecule has 14 heavy (non-hydrogen) atoms. The SMILES string of the molecule is CC(=O)O[C@]1(C)C=C(C)[C@@H]2OC[C@H]1O2. The van der Waals surface area contributed by atoms with Gasteiger partial charge in [0.15, 0.2) is 11.9 Å². The van der Waals surface area contributed by atoms with E-state index in [-0.39, 0.29) is 18.4 Å². The molecule has 0 radical (unpaired) electrons. The molecule has 0 N–H and O–H groups in total. The maximum Gasteiger partial charge on any atom is 0.303 e. The number of fused-ring (bicyclic) bond motifs is 2. The van der Waals surface area contributed by atoms with Gasteiger partial charge >= 0.3 is 5.97 Å². The summed E-state index contributed by atoms with van der Waals surface area (Å²) in [5.41, 5.74) is 0.283. The second kappa shape index (κ2) is 3.07. The Morgan fingerprint density at radius 2 is 2.43 bits per heavy atom. The van der Waals surface area contributed by atoms with E-state index in [2.05, 4.69) is 0 Å². The zero-order chi connectivity index (χ0) is 10.3. The van der Waals surface area contributed by atoms with Gasteiger partial charge < -0.3 is 14.2 Å². The molecule has 2 aliphatic rings. The number of hydrogen-bond donors (Lipinski definition) is 0. The first-order valence-corrected chi connectivity index (χ1v) is 4.67. The molecule has 4 nitrogen and oxygen atoms in total. The maximum absolute atomic E-state index is 11.0. The Labute approximate surface area is 82.8 Å². The molecule has 0 amide bonds. The summed E-state index contributed by atoms with van der Waals surface area (Å²) in [6.45, 7) is 5.63. The van der Waals surface area contributed by atoms with E-state index >= 15 is 0 Å². The average Bonchev–Trinajstić information content (AvgIpc) is 2.45. The van der Waals surface area contributed by atoms with Gasteiger partial charge in [0.25, 0.3) is 0 Å². The van der Waals surface area contributed by atoms with Crippen molar-refractivity contribution in [2.45, 2.75) is 38.8 Å². The lowest BCUT2D eigenvalue weighted by molar-refractivity contribution is -0.165. The first kappa shape index (κ1) is 9.68. The molecule has 2 rings (SSSR count). The third kappa shape index (κ3) is 1.44. The Bertz CT molecular complexity index is 296. The van der Waals surface area contributed by atoms with Crippen molar-refractivity contribution in [3.05, 3.63) is 11.6 Å². The molecule has 78 valence electrons. The van der Waals surface area contributed by atoms with E-state index in [4.69, 9.17) is 14.2 Å². The molecule has 1 saturated heterocycles. The number of carbonyl (C=O) groups excluding carboxylic acids is 1. The van der Waals surface area contributed by atoms with Crippen LogP contribution in [-0.2, 0) is 19.0 Å². The van der Waals surface area contributed by atoms with Crippen LogP contribution in [0.4, 0.5) is 0 Å². The molecule has 0 aliphatic carbocycles. The van der Waals surface area contributed by atoms with Gasteiger partial charge in [-0.1, -0.05) is 0 Å². The second-order valence-corrected chi connectivity index (χ2v) is 3.96. The molecule has 4 heteroatoms. The van der Waals surface area contributed by atoms with Crippen LogP contribution in [0.1, 0.15) is 20.8 Å². The van der Waals surface area contributed by atoms with Crippen molar-refractivity contribution in [2.75, 3.05) is 6.61 Å². The number of esters is 1. The summed E-state index contributed by atoms with van der Waals surface area (Å²) in [7, 11) is 0. The van der Waals surface area contributed by atoms with Gasteiger partial charge in [-0.25, -0.2) is 0 Å². The number of hydrogen-bond acceptors (Lipinski definition) is 4. The van der Waals surface area contributed by atoms with Crippen LogP contribution in [0.3, 0.4) is 0 Å². The minimum atomic E-state index is -0.678. The molecular formula is C10H14O4. The third-order valence-corrected chi connectivity index (χ3v) is 2.58. The highest BCUT2D eigenvalue weighted by atomic mass is 16.7. The highest BCUT2D eigenvalue weighted by molar-refractivity contribution is 5.67. The zero-order valence-corrected chi connectivity index (χ0v) is 8.57. The fourth-order valence-electron chi connectivity index (χ4n) is 1.96. The highest BCUT2D eigenvalue weighted by Crippen LogP contribution is 2.35. The van der Waals surface area contributed by atoms with E-state index < -0.39 is 5.60 Å². The molecule has 0 aromatic carbocycles. The summed E-state index contributed by atoms with van der Waals surface area (Å²) >= 11 is 0. The molecule has 0 spiro atoms. The lowest BCUT2D eigenvalue weighted by Crippen LogP contribution is -2.45. The van der Waals surface area contributed by atoms with Crippen molar-refractivity contribution < 1.29 is 19.0 Å². The monoisotopic (exact) mass is 198 g/mol. The van der Waals surface area contributed by atoms with Crippen LogP contribution in [0.15, 0.2) is 11.6 Å². The van der Waals surface area contributed by atoms with Gasteiger partial charge in [0.05, 0.1) is 6.61 Å². The fraction of sp³-hybridized carbons (Fsp3) is 0.700. The largest absolute Gasteiger partial charge is 0.452 e. The molecule has 2 heterocycles. The lowest BCUT2D eigenvalue weighted by Gasteiger charge is -2.34. The Morgan fingerprint density at radius 1 is 1.71 bits per heavy atom. The van der Waals surface area contributed by atoms with Crippen molar-refractivity contribution in [2.24, 2.45) is 0 Å².